The van der Waals surface area contributed by atoms with Gasteiger partial charge in [-0.15, -0.1) is 0 Å². The van der Waals surface area contributed by atoms with E-state index in [1.165, 1.54) is 12.1 Å². The van der Waals surface area contributed by atoms with Gasteiger partial charge in [-0.3, -0.25) is 4.79 Å². The molecule has 0 spiro atoms. The van der Waals surface area contributed by atoms with E-state index in [9.17, 15) is 18.0 Å². The molecular formula is C18H18ClF3N2O. The molecule has 0 radical (unpaired) electrons. The van der Waals surface area contributed by atoms with E-state index >= 15 is 0 Å². The van der Waals surface area contributed by atoms with Gasteiger partial charge in [-0.1, -0.05) is 35.9 Å². The number of likely N-dealkylation sites (N-methyl/N-ethyl adjacent to an activating group) is 1. The Morgan fingerprint density at radius 2 is 1.84 bits per heavy atom. The van der Waals surface area contributed by atoms with Gasteiger partial charge in [-0.25, -0.2) is 0 Å². The molecule has 0 aliphatic rings. The number of carbonyl (C=O) groups is 1. The highest BCUT2D eigenvalue weighted by atomic mass is 35.5. The SMILES string of the molecule is CN(C)[C@H](CNC(=O)c1cccc(C(F)(F)F)c1)c1ccccc1Cl. The molecule has 2 aromatic carbocycles. The van der Waals surface area contributed by atoms with Crippen molar-refractivity contribution in [2.75, 3.05) is 20.6 Å². The molecule has 0 unspecified atom stereocenters. The number of nitrogens with zero attached hydrogens (tertiary/aromatic N) is 1. The minimum Gasteiger partial charge on any atom is -0.350 e. The molecule has 0 aliphatic heterocycles. The Labute approximate surface area is 149 Å². The summed E-state index contributed by atoms with van der Waals surface area (Å²) in [7, 11) is 3.68. The maximum atomic E-state index is 12.8. The van der Waals surface area contributed by atoms with Crippen LogP contribution in [0.5, 0.6) is 0 Å². The maximum absolute atomic E-state index is 12.8. The predicted molar refractivity (Wildman–Crippen MR) is 91.7 cm³/mol. The monoisotopic (exact) mass is 370 g/mol. The fourth-order valence-corrected chi connectivity index (χ4v) is 2.71. The van der Waals surface area contributed by atoms with Crippen LogP contribution in [-0.2, 0) is 6.18 Å². The van der Waals surface area contributed by atoms with Crippen LogP contribution < -0.4 is 5.32 Å². The highest BCUT2D eigenvalue weighted by Gasteiger charge is 2.31. The van der Waals surface area contributed by atoms with Crippen molar-refractivity contribution in [3.8, 4) is 0 Å². The fraction of sp³-hybridized carbons (Fsp3) is 0.278. The third kappa shape index (κ3) is 4.96. The Morgan fingerprint density at radius 3 is 2.44 bits per heavy atom. The van der Waals surface area contributed by atoms with Crippen molar-refractivity contribution < 1.29 is 18.0 Å². The summed E-state index contributed by atoms with van der Waals surface area (Å²) in [5, 5.41) is 3.24. The number of amides is 1. The highest BCUT2D eigenvalue weighted by molar-refractivity contribution is 6.31. The first-order valence-electron chi connectivity index (χ1n) is 7.56. The van der Waals surface area contributed by atoms with Crippen molar-refractivity contribution in [2.45, 2.75) is 12.2 Å². The summed E-state index contributed by atoms with van der Waals surface area (Å²) in [4.78, 5) is 14.1. The molecule has 134 valence electrons. The smallest absolute Gasteiger partial charge is 0.350 e. The Balaban J connectivity index is 2.14. The number of hydrogen-bond donors (Lipinski definition) is 1. The van der Waals surface area contributed by atoms with Crippen molar-refractivity contribution in [3.05, 3.63) is 70.2 Å². The second-order valence-corrected chi connectivity index (χ2v) is 6.20. The van der Waals surface area contributed by atoms with Crippen LogP contribution in [0.25, 0.3) is 0 Å². The molecule has 2 rings (SSSR count). The lowest BCUT2D eigenvalue weighted by Gasteiger charge is -2.26. The van der Waals surface area contributed by atoms with Gasteiger partial charge >= 0.3 is 6.18 Å². The fourth-order valence-electron chi connectivity index (χ4n) is 2.44. The lowest BCUT2D eigenvalue weighted by atomic mass is 10.1. The van der Waals surface area contributed by atoms with Crippen molar-refractivity contribution in [1.29, 1.82) is 0 Å². The van der Waals surface area contributed by atoms with Gasteiger partial charge in [0.05, 0.1) is 11.6 Å². The zero-order chi connectivity index (χ0) is 18.6. The summed E-state index contributed by atoms with van der Waals surface area (Å²) in [5.74, 6) is -0.565. The number of hydrogen-bond acceptors (Lipinski definition) is 2. The molecule has 1 N–H and O–H groups in total. The Hall–Kier alpha value is -2.05. The largest absolute Gasteiger partial charge is 0.416 e. The van der Waals surface area contributed by atoms with E-state index in [0.717, 1.165) is 17.7 Å². The molecule has 2 aromatic rings. The minimum atomic E-state index is -4.49. The molecule has 25 heavy (non-hydrogen) atoms. The van der Waals surface area contributed by atoms with Gasteiger partial charge in [0.15, 0.2) is 0 Å². The molecule has 0 saturated carbocycles. The van der Waals surface area contributed by atoms with Crippen molar-refractivity contribution in [3.63, 3.8) is 0 Å². The van der Waals surface area contributed by atoms with Crippen LogP contribution in [0.1, 0.15) is 27.5 Å². The van der Waals surface area contributed by atoms with Gasteiger partial charge in [-0.2, -0.15) is 13.2 Å². The average molecular weight is 371 g/mol. The summed E-state index contributed by atoms with van der Waals surface area (Å²) in [6.45, 7) is 0.214. The average Bonchev–Trinajstić information content (AvgIpc) is 2.55. The Morgan fingerprint density at radius 1 is 1.16 bits per heavy atom. The van der Waals surface area contributed by atoms with Crippen LogP contribution in [0.4, 0.5) is 13.2 Å². The van der Waals surface area contributed by atoms with E-state index in [4.69, 9.17) is 11.6 Å². The molecule has 0 aliphatic carbocycles. The van der Waals surface area contributed by atoms with Gasteiger partial charge in [0, 0.05) is 17.1 Å². The summed E-state index contributed by atoms with van der Waals surface area (Å²) in [6, 6.07) is 11.4. The third-order valence-corrected chi connectivity index (χ3v) is 4.14. The normalized spacial score (nSPS) is 12.9. The van der Waals surface area contributed by atoms with Crippen LogP contribution in [0, 0.1) is 0 Å². The molecule has 0 heterocycles. The standard InChI is InChI=1S/C18H18ClF3N2O/c1-24(2)16(14-8-3-4-9-15(14)19)11-23-17(25)12-6-5-7-13(10-12)18(20,21)22/h3-10,16H,11H2,1-2H3,(H,23,25)/t16-/m1/s1. The Bertz CT molecular complexity index is 747. The van der Waals surface area contributed by atoms with Crippen LogP contribution in [0.3, 0.4) is 0 Å². The number of carbonyl (C=O) groups excluding carboxylic acids is 1. The first-order chi connectivity index (χ1) is 11.7. The van der Waals surface area contributed by atoms with E-state index in [1.807, 2.05) is 31.1 Å². The van der Waals surface area contributed by atoms with Crippen molar-refractivity contribution >= 4 is 17.5 Å². The second-order valence-electron chi connectivity index (χ2n) is 5.79. The molecule has 1 amide bonds. The quantitative estimate of drug-likeness (QED) is 0.846. The van der Waals surface area contributed by atoms with E-state index in [-0.39, 0.29) is 18.2 Å². The Kier molecular flexibility index (Phi) is 6.08. The summed E-state index contributed by atoms with van der Waals surface area (Å²) in [5.41, 5.74) is -0.0552. The van der Waals surface area contributed by atoms with Crippen LogP contribution in [0.2, 0.25) is 5.02 Å². The van der Waals surface area contributed by atoms with E-state index in [2.05, 4.69) is 5.32 Å². The summed E-state index contributed by atoms with van der Waals surface area (Å²) >= 11 is 6.20. The van der Waals surface area contributed by atoms with Gasteiger partial charge in [-0.05, 0) is 43.9 Å². The molecule has 3 nitrogen and oxygen atoms in total. The number of halogens is 4. The van der Waals surface area contributed by atoms with Gasteiger partial charge in [0.25, 0.3) is 5.91 Å². The molecule has 0 bridgehead atoms. The first kappa shape index (κ1) is 19.3. The molecule has 0 fully saturated rings. The molecule has 1 atom stereocenters. The van der Waals surface area contributed by atoms with Crippen molar-refractivity contribution in [1.82, 2.24) is 10.2 Å². The van der Waals surface area contributed by atoms with Gasteiger partial charge in [0.1, 0.15) is 0 Å². The van der Waals surface area contributed by atoms with Gasteiger partial charge in [0.2, 0.25) is 0 Å². The summed E-state index contributed by atoms with van der Waals surface area (Å²) in [6.07, 6.45) is -4.49. The number of alkyl halides is 3. The lowest BCUT2D eigenvalue weighted by molar-refractivity contribution is -0.137. The lowest BCUT2D eigenvalue weighted by Crippen LogP contribution is -2.34. The molecule has 7 heteroatoms. The zero-order valence-electron chi connectivity index (χ0n) is 13.8. The van der Waals surface area contributed by atoms with E-state index < -0.39 is 17.6 Å². The third-order valence-electron chi connectivity index (χ3n) is 3.80. The molecular weight excluding hydrogens is 353 g/mol. The molecule has 0 aromatic heterocycles. The highest BCUT2D eigenvalue weighted by Crippen LogP contribution is 2.29. The molecule has 0 saturated heterocycles. The van der Waals surface area contributed by atoms with Crippen LogP contribution in [-0.4, -0.2) is 31.4 Å². The minimum absolute atomic E-state index is 0.0357. The van der Waals surface area contributed by atoms with Crippen LogP contribution in [0.15, 0.2) is 48.5 Å². The predicted octanol–water partition coefficient (Wildman–Crippen LogP) is 4.39. The number of nitrogens with one attached hydrogen (secondary N) is 1. The van der Waals surface area contributed by atoms with E-state index in [0.29, 0.717) is 5.02 Å². The van der Waals surface area contributed by atoms with Crippen LogP contribution >= 0.6 is 11.6 Å². The maximum Gasteiger partial charge on any atom is 0.416 e. The topological polar surface area (TPSA) is 32.3 Å². The second kappa shape index (κ2) is 7.89. The van der Waals surface area contributed by atoms with Gasteiger partial charge < -0.3 is 10.2 Å². The number of benzene rings is 2. The summed E-state index contributed by atoms with van der Waals surface area (Å²) < 4.78 is 38.3. The first-order valence-corrected chi connectivity index (χ1v) is 7.94. The number of rotatable bonds is 5. The zero-order valence-corrected chi connectivity index (χ0v) is 14.5. The van der Waals surface area contributed by atoms with Crippen molar-refractivity contribution in [2.24, 2.45) is 0 Å². The van der Waals surface area contributed by atoms with E-state index in [1.54, 1.807) is 12.1 Å².